The molecule has 5 rings (SSSR count). The van der Waals surface area contributed by atoms with Crippen molar-refractivity contribution in [2.24, 2.45) is 14.1 Å². The van der Waals surface area contributed by atoms with E-state index in [0.717, 1.165) is 22.2 Å². The van der Waals surface area contributed by atoms with Gasteiger partial charge in [0, 0.05) is 50.8 Å². The Balaban J connectivity index is 1.41. The van der Waals surface area contributed by atoms with E-state index >= 15 is 0 Å². The monoisotopic (exact) mass is 516 g/mol. The zero-order valence-electron chi connectivity index (χ0n) is 22.3. The van der Waals surface area contributed by atoms with E-state index < -0.39 is 0 Å². The number of hydrogen-bond acceptors (Lipinski definition) is 6. The summed E-state index contributed by atoms with van der Waals surface area (Å²) in [5, 5.41) is 7.39. The van der Waals surface area contributed by atoms with Crippen LogP contribution in [0.2, 0.25) is 0 Å². The molecule has 1 saturated heterocycles. The van der Waals surface area contributed by atoms with Crippen molar-refractivity contribution in [3.8, 4) is 11.9 Å². The van der Waals surface area contributed by atoms with Crippen molar-refractivity contribution < 1.29 is 19.1 Å². The van der Waals surface area contributed by atoms with Gasteiger partial charge in [-0.3, -0.25) is 18.8 Å². The molecule has 1 aliphatic rings. The third kappa shape index (κ3) is 4.57. The molecule has 2 aromatic carbocycles. The summed E-state index contributed by atoms with van der Waals surface area (Å²) in [7, 11) is 6.69. The maximum absolute atomic E-state index is 13.7. The number of ether oxygens (including phenoxy) is 2. The van der Waals surface area contributed by atoms with Crippen LogP contribution >= 0.6 is 0 Å². The van der Waals surface area contributed by atoms with Crippen molar-refractivity contribution in [1.82, 2.24) is 29.5 Å². The summed E-state index contributed by atoms with van der Waals surface area (Å²) in [6.07, 6.45) is 0.618. The lowest BCUT2D eigenvalue weighted by molar-refractivity contribution is 0.0671. The number of aryl methyl sites for hydroxylation is 3. The number of rotatable bonds is 6. The molecule has 198 valence electrons. The van der Waals surface area contributed by atoms with E-state index in [9.17, 15) is 9.59 Å². The molecule has 4 aromatic rings. The predicted octanol–water partition coefficient (Wildman–Crippen LogP) is 3.06. The van der Waals surface area contributed by atoms with Crippen LogP contribution in [-0.2, 0) is 14.1 Å². The van der Waals surface area contributed by atoms with Gasteiger partial charge in [0.05, 0.1) is 25.3 Å². The highest BCUT2D eigenvalue weighted by molar-refractivity contribution is 5.98. The van der Waals surface area contributed by atoms with E-state index in [1.807, 2.05) is 65.9 Å². The topological polar surface area (TPSA) is 104 Å². The Bertz CT molecular complexity index is 1490. The minimum atomic E-state index is -0.222. The standard InChI is InChI=1S/C28H32N6O4/c1-17-13-19(14-22-25(17)30-28(38-5)32(22)2)27(36)34-12-11-21(20(16-34)18-9-7-6-8-10-18)29-26(35)23-15-24(37-4)31-33(23)3/h6-10,13-15,20-21H,11-12,16H2,1-5H3,(H,29,35)/t20-,21-/m1/s1. The second-order valence-corrected chi connectivity index (χ2v) is 9.65. The lowest BCUT2D eigenvalue weighted by atomic mass is 9.85. The fourth-order valence-corrected chi connectivity index (χ4v) is 5.27. The van der Waals surface area contributed by atoms with Crippen LogP contribution in [0, 0.1) is 6.92 Å². The first-order valence-electron chi connectivity index (χ1n) is 12.5. The van der Waals surface area contributed by atoms with Gasteiger partial charge in [0.15, 0.2) is 0 Å². The molecule has 0 radical (unpaired) electrons. The quantitative estimate of drug-likeness (QED) is 0.423. The summed E-state index contributed by atoms with van der Waals surface area (Å²) < 4.78 is 13.9. The molecule has 1 aliphatic heterocycles. The number of nitrogens with zero attached hydrogens (tertiary/aromatic N) is 5. The molecule has 0 saturated carbocycles. The Morgan fingerprint density at radius 3 is 2.50 bits per heavy atom. The second-order valence-electron chi connectivity index (χ2n) is 9.65. The molecule has 3 heterocycles. The molecule has 38 heavy (non-hydrogen) atoms. The largest absolute Gasteiger partial charge is 0.480 e. The molecular weight excluding hydrogens is 484 g/mol. The number of aromatic nitrogens is 4. The van der Waals surface area contributed by atoms with E-state index in [0.29, 0.717) is 42.7 Å². The predicted molar refractivity (Wildman–Crippen MR) is 143 cm³/mol. The normalized spacial score (nSPS) is 17.4. The molecule has 0 unspecified atom stereocenters. The molecule has 1 N–H and O–H groups in total. The molecule has 2 amide bonds. The number of benzene rings is 2. The maximum atomic E-state index is 13.7. The van der Waals surface area contributed by atoms with Gasteiger partial charge in [0.2, 0.25) is 5.88 Å². The summed E-state index contributed by atoms with van der Waals surface area (Å²) in [6, 6.07) is 15.7. The Kier molecular flexibility index (Phi) is 6.79. The van der Waals surface area contributed by atoms with Gasteiger partial charge in [0.1, 0.15) is 5.69 Å². The van der Waals surface area contributed by atoms with Crippen LogP contribution in [0.4, 0.5) is 0 Å². The average Bonchev–Trinajstić information content (AvgIpc) is 3.48. The number of carbonyl (C=O) groups is 2. The van der Waals surface area contributed by atoms with Gasteiger partial charge in [0.25, 0.3) is 17.8 Å². The van der Waals surface area contributed by atoms with Crippen molar-refractivity contribution in [2.75, 3.05) is 27.3 Å². The summed E-state index contributed by atoms with van der Waals surface area (Å²) in [5.41, 5.74) is 4.67. The van der Waals surface area contributed by atoms with Crippen LogP contribution in [-0.4, -0.2) is 69.4 Å². The third-order valence-corrected chi connectivity index (χ3v) is 7.31. The van der Waals surface area contributed by atoms with E-state index in [4.69, 9.17) is 9.47 Å². The summed E-state index contributed by atoms with van der Waals surface area (Å²) in [4.78, 5) is 33.3. The molecule has 10 nitrogen and oxygen atoms in total. The smallest absolute Gasteiger partial charge is 0.296 e. The van der Waals surface area contributed by atoms with Gasteiger partial charge in [-0.05, 0) is 36.6 Å². The zero-order valence-corrected chi connectivity index (χ0v) is 22.3. The summed E-state index contributed by atoms with van der Waals surface area (Å²) in [5.74, 6) is 0.0445. The first-order chi connectivity index (χ1) is 18.3. The van der Waals surface area contributed by atoms with Crippen LogP contribution in [0.15, 0.2) is 48.5 Å². The van der Waals surface area contributed by atoms with Crippen LogP contribution in [0.3, 0.4) is 0 Å². The number of hydrogen-bond donors (Lipinski definition) is 1. The van der Waals surface area contributed by atoms with Crippen LogP contribution in [0.1, 0.15) is 44.3 Å². The Labute approximate surface area is 221 Å². The number of piperidine rings is 1. The van der Waals surface area contributed by atoms with Crippen molar-refractivity contribution in [3.05, 3.63) is 70.9 Å². The van der Waals surface area contributed by atoms with Crippen LogP contribution in [0.25, 0.3) is 11.0 Å². The van der Waals surface area contributed by atoms with Gasteiger partial charge in [-0.2, -0.15) is 4.98 Å². The Morgan fingerprint density at radius 2 is 1.82 bits per heavy atom. The molecule has 0 bridgehead atoms. The first-order valence-corrected chi connectivity index (χ1v) is 12.5. The van der Waals surface area contributed by atoms with Crippen LogP contribution < -0.4 is 14.8 Å². The number of carbonyl (C=O) groups excluding carboxylic acids is 2. The second kappa shape index (κ2) is 10.2. The average molecular weight is 517 g/mol. The maximum Gasteiger partial charge on any atom is 0.296 e. The lowest BCUT2D eigenvalue weighted by Gasteiger charge is -2.39. The first kappa shape index (κ1) is 25.3. The number of likely N-dealkylation sites (tertiary alicyclic amines) is 1. The highest BCUT2D eigenvalue weighted by atomic mass is 16.5. The molecule has 0 aliphatic carbocycles. The van der Waals surface area contributed by atoms with Gasteiger partial charge in [-0.15, -0.1) is 5.10 Å². The number of fused-ring (bicyclic) bond motifs is 1. The van der Waals surface area contributed by atoms with Crippen molar-refractivity contribution in [3.63, 3.8) is 0 Å². The highest BCUT2D eigenvalue weighted by Crippen LogP contribution is 2.30. The summed E-state index contributed by atoms with van der Waals surface area (Å²) >= 11 is 0. The fourth-order valence-electron chi connectivity index (χ4n) is 5.27. The molecular formula is C28H32N6O4. The Hall–Kier alpha value is -4.34. The van der Waals surface area contributed by atoms with E-state index in [1.165, 1.54) is 11.8 Å². The molecule has 0 spiro atoms. The molecule has 1 fully saturated rings. The number of nitrogens with one attached hydrogen (secondary N) is 1. The SMILES string of the molecule is COc1cc(C(=O)N[C@@H]2CCN(C(=O)c3cc(C)c4nc(OC)n(C)c4c3)C[C@@H]2c2ccccc2)n(C)n1. The van der Waals surface area contributed by atoms with Gasteiger partial charge < -0.3 is 19.7 Å². The summed E-state index contributed by atoms with van der Waals surface area (Å²) in [6.45, 7) is 2.95. The number of imidazole rings is 1. The highest BCUT2D eigenvalue weighted by Gasteiger charge is 2.34. The Morgan fingerprint density at radius 1 is 1.05 bits per heavy atom. The molecule has 2 atom stereocenters. The van der Waals surface area contributed by atoms with Crippen molar-refractivity contribution in [2.45, 2.75) is 25.3 Å². The van der Waals surface area contributed by atoms with Gasteiger partial charge in [-0.1, -0.05) is 30.3 Å². The van der Waals surface area contributed by atoms with E-state index in [2.05, 4.69) is 15.4 Å². The molecule has 2 aromatic heterocycles. The van der Waals surface area contributed by atoms with Gasteiger partial charge in [-0.25, -0.2) is 0 Å². The number of methoxy groups -OCH3 is 2. The third-order valence-electron chi connectivity index (χ3n) is 7.31. The minimum Gasteiger partial charge on any atom is -0.480 e. The van der Waals surface area contributed by atoms with Crippen molar-refractivity contribution >= 4 is 22.8 Å². The zero-order chi connectivity index (χ0) is 27.0. The van der Waals surface area contributed by atoms with Crippen molar-refractivity contribution in [1.29, 1.82) is 0 Å². The van der Waals surface area contributed by atoms with E-state index in [1.54, 1.807) is 20.2 Å². The van der Waals surface area contributed by atoms with Gasteiger partial charge >= 0.3 is 0 Å². The van der Waals surface area contributed by atoms with Crippen LogP contribution in [0.5, 0.6) is 11.9 Å². The van der Waals surface area contributed by atoms with E-state index in [-0.39, 0.29) is 23.8 Å². The fraction of sp³-hybridized carbons (Fsp3) is 0.357. The lowest BCUT2D eigenvalue weighted by Crippen LogP contribution is -2.51. The molecule has 10 heteroatoms. The number of amides is 2. The minimum absolute atomic E-state index is 0.0442.